The number of furan rings is 1. The molecule has 4 aromatic rings. The second kappa shape index (κ2) is 6.55. The Labute approximate surface area is 159 Å². The van der Waals surface area contributed by atoms with Crippen molar-refractivity contribution < 1.29 is 8.98 Å². The van der Waals surface area contributed by atoms with Crippen molar-refractivity contribution in [2.75, 3.05) is 0 Å². The second-order valence-corrected chi connectivity index (χ2v) is 7.69. The number of hydrogen-bond donors (Lipinski definition) is 0. The van der Waals surface area contributed by atoms with E-state index in [1.165, 1.54) is 11.1 Å². The standard InChI is InChI=1S/C24H23N2O/c1-15(2)11-17-9-10-26(4)21(12-17)23-16(3)5-7-20-19-8-6-18(14-25)13-22(19)27-24(20)23/h5-10,12-13,15H,11H2,1-4H3/q+1. The molecule has 3 heteroatoms. The zero-order valence-corrected chi connectivity index (χ0v) is 16.2. The van der Waals surface area contributed by atoms with E-state index in [9.17, 15) is 5.26 Å². The highest BCUT2D eigenvalue weighted by molar-refractivity contribution is 6.09. The van der Waals surface area contributed by atoms with Crippen LogP contribution in [0.5, 0.6) is 0 Å². The minimum absolute atomic E-state index is 0.609. The van der Waals surface area contributed by atoms with Crippen molar-refractivity contribution in [2.24, 2.45) is 13.0 Å². The largest absolute Gasteiger partial charge is 0.455 e. The maximum Gasteiger partial charge on any atom is 0.216 e. The highest BCUT2D eigenvalue weighted by atomic mass is 16.3. The molecule has 0 N–H and O–H groups in total. The SMILES string of the molecule is Cc1ccc2c(oc3cc(C#N)ccc32)c1-c1cc(CC(C)C)cc[n+]1C. The molecule has 0 aliphatic heterocycles. The van der Waals surface area contributed by atoms with E-state index >= 15 is 0 Å². The number of hydrogen-bond acceptors (Lipinski definition) is 2. The van der Waals surface area contributed by atoms with E-state index in [4.69, 9.17) is 4.42 Å². The predicted molar refractivity (Wildman–Crippen MR) is 108 cm³/mol. The number of aromatic nitrogens is 1. The van der Waals surface area contributed by atoms with Gasteiger partial charge in [-0.1, -0.05) is 26.0 Å². The molecular formula is C24H23N2O+. The third kappa shape index (κ3) is 2.98. The zero-order chi connectivity index (χ0) is 19.1. The molecule has 0 bridgehead atoms. The quantitative estimate of drug-likeness (QED) is 0.458. The monoisotopic (exact) mass is 355 g/mol. The molecule has 3 nitrogen and oxygen atoms in total. The van der Waals surface area contributed by atoms with Gasteiger partial charge in [-0.05, 0) is 48.6 Å². The number of rotatable bonds is 3. The molecule has 0 aliphatic rings. The van der Waals surface area contributed by atoms with Crippen LogP contribution in [0.25, 0.3) is 33.2 Å². The molecule has 0 fully saturated rings. The van der Waals surface area contributed by atoms with Crippen LogP contribution >= 0.6 is 0 Å². The molecule has 0 unspecified atom stereocenters. The molecular weight excluding hydrogens is 332 g/mol. The highest BCUT2D eigenvalue weighted by Crippen LogP contribution is 2.37. The lowest BCUT2D eigenvalue weighted by Gasteiger charge is -2.09. The molecule has 0 saturated carbocycles. The normalized spacial score (nSPS) is 11.4. The highest BCUT2D eigenvalue weighted by Gasteiger charge is 2.21. The summed E-state index contributed by atoms with van der Waals surface area (Å²) >= 11 is 0. The maximum absolute atomic E-state index is 9.19. The van der Waals surface area contributed by atoms with Crippen molar-refractivity contribution in [2.45, 2.75) is 27.2 Å². The topological polar surface area (TPSA) is 40.8 Å². The van der Waals surface area contributed by atoms with Gasteiger partial charge in [-0.3, -0.25) is 0 Å². The molecule has 2 aromatic carbocycles. The molecule has 0 saturated heterocycles. The fraction of sp³-hybridized carbons (Fsp3) is 0.250. The summed E-state index contributed by atoms with van der Waals surface area (Å²) in [6.45, 7) is 6.60. The molecule has 0 spiro atoms. The van der Waals surface area contributed by atoms with Crippen LogP contribution in [0.4, 0.5) is 0 Å². The van der Waals surface area contributed by atoms with Gasteiger partial charge in [0.05, 0.1) is 17.2 Å². The average Bonchev–Trinajstić information content (AvgIpc) is 3.00. The molecule has 27 heavy (non-hydrogen) atoms. The van der Waals surface area contributed by atoms with Gasteiger partial charge in [-0.2, -0.15) is 5.26 Å². The van der Waals surface area contributed by atoms with Gasteiger partial charge >= 0.3 is 0 Å². The lowest BCUT2D eigenvalue weighted by atomic mass is 9.97. The summed E-state index contributed by atoms with van der Waals surface area (Å²) in [4.78, 5) is 0. The number of fused-ring (bicyclic) bond motifs is 3. The van der Waals surface area contributed by atoms with Gasteiger partial charge in [0.25, 0.3) is 0 Å². The molecule has 0 atom stereocenters. The van der Waals surface area contributed by atoms with Gasteiger partial charge in [0.2, 0.25) is 5.69 Å². The minimum Gasteiger partial charge on any atom is -0.455 e. The van der Waals surface area contributed by atoms with Crippen molar-refractivity contribution in [1.29, 1.82) is 5.26 Å². The smallest absolute Gasteiger partial charge is 0.216 e. The fourth-order valence-electron chi connectivity index (χ4n) is 3.79. The number of pyridine rings is 1. The Morgan fingerprint density at radius 3 is 2.59 bits per heavy atom. The first-order chi connectivity index (χ1) is 13.0. The zero-order valence-electron chi connectivity index (χ0n) is 16.2. The van der Waals surface area contributed by atoms with E-state index < -0.39 is 0 Å². The summed E-state index contributed by atoms with van der Waals surface area (Å²) in [5.74, 6) is 0.609. The Balaban J connectivity index is 2.02. The van der Waals surface area contributed by atoms with Crippen LogP contribution in [-0.4, -0.2) is 0 Å². The summed E-state index contributed by atoms with van der Waals surface area (Å²) in [7, 11) is 2.07. The lowest BCUT2D eigenvalue weighted by Crippen LogP contribution is -2.31. The fourth-order valence-corrected chi connectivity index (χ4v) is 3.79. The minimum atomic E-state index is 0.609. The first-order valence-corrected chi connectivity index (χ1v) is 9.33. The van der Waals surface area contributed by atoms with Crippen LogP contribution in [-0.2, 0) is 13.5 Å². The van der Waals surface area contributed by atoms with Gasteiger partial charge in [0.1, 0.15) is 18.2 Å². The number of nitrogens with zero attached hydrogens (tertiary/aromatic N) is 2. The summed E-state index contributed by atoms with van der Waals surface area (Å²) in [5.41, 5.74) is 7.04. The van der Waals surface area contributed by atoms with Crippen molar-refractivity contribution in [3.05, 3.63) is 65.4 Å². The van der Waals surface area contributed by atoms with Crippen molar-refractivity contribution >= 4 is 21.9 Å². The molecule has 0 radical (unpaired) electrons. The Morgan fingerprint density at radius 2 is 1.85 bits per heavy atom. The van der Waals surface area contributed by atoms with Gasteiger partial charge < -0.3 is 4.42 Å². The van der Waals surface area contributed by atoms with Gasteiger partial charge in [0, 0.05) is 22.9 Å². The summed E-state index contributed by atoms with van der Waals surface area (Å²) in [6, 6.07) is 16.6. The van der Waals surface area contributed by atoms with E-state index in [-0.39, 0.29) is 0 Å². The second-order valence-electron chi connectivity index (χ2n) is 7.69. The lowest BCUT2D eigenvalue weighted by molar-refractivity contribution is -0.660. The molecule has 134 valence electrons. The number of benzene rings is 2. The molecule has 2 aromatic heterocycles. The molecule has 2 heterocycles. The Kier molecular flexibility index (Phi) is 4.20. The molecule has 4 rings (SSSR count). The third-order valence-electron chi connectivity index (χ3n) is 5.09. The van der Waals surface area contributed by atoms with Crippen LogP contribution in [0.15, 0.2) is 53.1 Å². The van der Waals surface area contributed by atoms with Crippen molar-refractivity contribution in [1.82, 2.24) is 0 Å². The van der Waals surface area contributed by atoms with E-state index in [1.807, 2.05) is 18.2 Å². The summed E-state index contributed by atoms with van der Waals surface area (Å²) in [6.07, 6.45) is 3.18. The van der Waals surface area contributed by atoms with Crippen LogP contribution in [0, 0.1) is 24.2 Å². The number of nitriles is 1. The van der Waals surface area contributed by atoms with Crippen LogP contribution in [0.1, 0.15) is 30.5 Å². The van der Waals surface area contributed by atoms with Gasteiger partial charge in [0.15, 0.2) is 6.20 Å². The Hall–Kier alpha value is -3.12. The maximum atomic E-state index is 9.19. The van der Waals surface area contributed by atoms with Gasteiger partial charge in [-0.25, -0.2) is 4.57 Å². The Bertz CT molecular complexity index is 1210. The van der Waals surface area contributed by atoms with Crippen LogP contribution in [0.3, 0.4) is 0 Å². The van der Waals surface area contributed by atoms with Crippen LogP contribution < -0.4 is 4.57 Å². The first-order valence-electron chi connectivity index (χ1n) is 9.33. The average molecular weight is 355 g/mol. The molecule has 0 amide bonds. The van der Waals surface area contributed by atoms with E-state index in [0.29, 0.717) is 11.5 Å². The Morgan fingerprint density at radius 1 is 1.07 bits per heavy atom. The van der Waals surface area contributed by atoms with Crippen molar-refractivity contribution in [3.63, 3.8) is 0 Å². The van der Waals surface area contributed by atoms with E-state index in [2.05, 4.69) is 68.9 Å². The first kappa shape index (κ1) is 17.3. The van der Waals surface area contributed by atoms with E-state index in [0.717, 1.165) is 39.6 Å². The van der Waals surface area contributed by atoms with Crippen LogP contribution in [0.2, 0.25) is 0 Å². The third-order valence-corrected chi connectivity index (χ3v) is 5.09. The summed E-state index contributed by atoms with van der Waals surface area (Å²) < 4.78 is 8.43. The van der Waals surface area contributed by atoms with Gasteiger partial charge in [-0.15, -0.1) is 0 Å². The summed E-state index contributed by atoms with van der Waals surface area (Å²) in [5, 5.41) is 11.3. The van der Waals surface area contributed by atoms with E-state index in [1.54, 1.807) is 0 Å². The van der Waals surface area contributed by atoms with Crippen molar-refractivity contribution in [3.8, 4) is 17.3 Å². The number of aryl methyl sites for hydroxylation is 2. The predicted octanol–water partition coefficient (Wildman–Crippen LogP) is 5.46. The molecule has 0 aliphatic carbocycles.